The van der Waals surface area contributed by atoms with Gasteiger partial charge < -0.3 is 10.1 Å². The first-order chi connectivity index (χ1) is 13.4. The minimum absolute atomic E-state index is 0.185. The molecule has 0 fully saturated rings. The largest absolute Gasteiger partial charge is 0.467 e. The zero-order chi connectivity index (χ0) is 20.1. The van der Waals surface area contributed by atoms with E-state index in [1.54, 1.807) is 0 Å². The Morgan fingerprint density at radius 3 is 2.29 bits per heavy atom. The normalized spacial score (nSPS) is 11.8. The predicted molar refractivity (Wildman–Crippen MR) is 102 cm³/mol. The van der Waals surface area contributed by atoms with Gasteiger partial charge in [0.1, 0.15) is 17.7 Å². The molecule has 0 aliphatic heterocycles. The summed E-state index contributed by atoms with van der Waals surface area (Å²) in [5, 5.41) is 4.68. The van der Waals surface area contributed by atoms with Gasteiger partial charge in [0.2, 0.25) is 5.91 Å². The first kappa shape index (κ1) is 19.5. The number of benzene rings is 3. The highest BCUT2D eigenvalue weighted by molar-refractivity contribution is 5.86. The molecule has 0 saturated heterocycles. The van der Waals surface area contributed by atoms with Crippen molar-refractivity contribution in [3.05, 3.63) is 83.4 Å². The number of ether oxygens (including phenoxy) is 1. The fourth-order valence-electron chi connectivity index (χ4n) is 3.08. The Morgan fingerprint density at radius 2 is 1.61 bits per heavy atom. The summed E-state index contributed by atoms with van der Waals surface area (Å²) in [4.78, 5) is 24.4. The minimum atomic E-state index is -0.905. The van der Waals surface area contributed by atoms with Crippen molar-refractivity contribution in [3.63, 3.8) is 0 Å². The summed E-state index contributed by atoms with van der Waals surface area (Å²) >= 11 is 0. The quantitative estimate of drug-likeness (QED) is 0.662. The van der Waals surface area contributed by atoms with Gasteiger partial charge >= 0.3 is 5.97 Å². The number of halogens is 2. The average molecular weight is 383 g/mol. The fourth-order valence-corrected chi connectivity index (χ4v) is 3.08. The molecule has 3 aromatic rings. The van der Waals surface area contributed by atoms with Crippen LogP contribution in [0.4, 0.5) is 8.78 Å². The minimum Gasteiger partial charge on any atom is -0.467 e. The third kappa shape index (κ3) is 4.91. The molecular formula is C22H19F2NO3. The Balaban J connectivity index is 1.73. The fraction of sp³-hybridized carbons (Fsp3) is 0.182. The maximum absolute atomic E-state index is 13.3. The molecule has 4 nitrogen and oxygen atoms in total. The van der Waals surface area contributed by atoms with Gasteiger partial charge in [-0.3, -0.25) is 4.79 Å². The number of carbonyl (C=O) groups is 2. The van der Waals surface area contributed by atoms with Gasteiger partial charge in [0.25, 0.3) is 0 Å². The van der Waals surface area contributed by atoms with Crippen LogP contribution in [-0.4, -0.2) is 25.0 Å². The number of methoxy groups -OCH3 is 1. The summed E-state index contributed by atoms with van der Waals surface area (Å²) in [6.45, 7) is 0. The Bertz CT molecular complexity index is 999. The van der Waals surface area contributed by atoms with E-state index in [4.69, 9.17) is 4.74 Å². The highest BCUT2D eigenvalue weighted by atomic mass is 19.1. The molecule has 0 saturated carbocycles. The van der Waals surface area contributed by atoms with Crippen molar-refractivity contribution in [2.75, 3.05) is 7.11 Å². The highest BCUT2D eigenvalue weighted by Crippen LogP contribution is 2.17. The molecule has 0 unspecified atom stereocenters. The van der Waals surface area contributed by atoms with Crippen LogP contribution in [0.5, 0.6) is 0 Å². The number of esters is 1. The molecule has 0 aromatic heterocycles. The zero-order valence-electron chi connectivity index (χ0n) is 15.2. The first-order valence-corrected chi connectivity index (χ1v) is 8.74. The predicted octanol–water partition coefficient (Wildman–Crippen LogP) is 3.56. The molecule has 6 heteroatoms. The third-order valence-corrected chi connectivity index (χ3v) is 4.36. The lowest BCUT2D eigenvalue weighted by molar-refractivity contribution is -0.145. The highest BCUT2D eigenvalue weighted by Gasteiger charge is 2.22. The number of rotatable bonds is 6. The second-order valence-electron chi connectivity index (χ2n) is 6.48. The van der Waals surface area contributed by atoms with Crippen LogP contribution in [0.1, 0.15) is 11.1 Å². The standard InChI is InChI=1S/C22H19F2NO3/c1-28-22(27)20(11-14-6-7-16-4-2-3-5-17(16)8-14)25-21(26)12-15-9-18(23)13-19(24)10-15/h2-10,13,20H,11-12H2,1H3,(H,25,26)/t20-/m1/s1. The number of carbonyl (C=O) groups excluding carboxylic acids is 2. The van der Waals surface area contributed by atoms with E-state index in [0.717, 1.165) is 34.5 Å². The summed E-state index contributed by atoms with van der Waals surface area (Å²) in [6.07, 6.45) is -0.0132. The van der Waals surface area contributed by atoms with E-state index in [0.29, 0.717) is 0 Å². The Kier molecular flexibility index (Phi) is 5.99. The van der Waals surface area contributed by atoms with Gasteiger partial charge in [0, 0.05) is 12.5 Å². The van der Waals surface area contributed by atoms with Gasteiger partial charge in [-0.15, -0.1) is 0 Å². The van der Waals surface area contributed by atoms with Gasteiger partial charge in [-0.25, -0.2) is 13.6 Å². The van der Waals surface area contributed by atoms with Crippen LogP contribution < -0.4 is 5.32 Å². The number of amides is 1. The molecule has 1 N–H and O–H groups in total. The smallest absolute Gasteiger partial charge is 0.328 e. The lowest BCUT2D eigenvalue weighted by Crippen LogP contribution is -2.43. The second-order valence-corrected chi connectivity index (χ2v) is 6.48. The van der Waals surface area contributed by atoms with Crippen molar-refractivity contribution in [2.45, 2.75) is 18.9 Å². The van der Waals surface area contributed by atoms with Crippen molar-refractivity contribution < 1.29 is 23.1 Å². The lowest BCUT2D eigenvalue weighted by Gasteiger charge is -2.17. The van der Waals surface area contributed by atoms with E-state index in [2.05, 4.69) is 5.32 Å². The molecule has 144 valence electrons. The molecule has 0 bridgehead atoms. The molecule has 3 rings (SSSR count). The van der Waals surface area contributed by atoms with Crippen LogP contribution >= 0.6 is 0 Å². The molecule has 0 heterocycles. The van der Waals surface area contributed by atoms with Gasteiger partial charge in [-0.2, -0.15) is 0 Å². The van der Waals surface area contributed by atoms with E-state index >= 15 is 0 Å². The number of nitrogens with one attached hydrogen (secondary N) is 1. The maximum atomic E-state index is 13.3. The third-order valence-electron chi connectivity index (χ3n) is 4.36. The Morgan fingerprint density at radius 1 is 0.929 bits per heavy atom. The summed E-state index contributed by atoms with van der Waals surface area (Å²) in [5.74, 6) is -2.64. The lowest BCUT2D eigenvalue weighted by atomic mass is 10.0. The summed E-state index contributed by atoms with van der Waals surface area (Å²) in [7, 11) is 1.24. The van der Waals surface area contributed by atoms with Gasteiger partial charge in [0.15, 0.2) is 0 Å². The van der Waals surface area contributed by atoms with Crippen molar-refractivity contribution in [1.29, 1.82) is 0 Å². The summed E-state index contributed by atoms with van der Waals surface area (Å²) in [6, 6.07) is 15.6. The average Bonchev–Trinajstić information content (AvgIpc) is 2.65. The summed E-state index contributed by atoms with van der Waals surface area (Å²) < 4.78 is 31.4. The van der Waals surface area contributed by atoms with Crippen molar-refractivity contribution in [1.82, 2.24) is 5.32 Å². The molecule has 28 heavy (non-hydrogen) atoms. The monoisotopic (exact) mass is 383 g/mol. The molecule has 3 aromatic carbocycles. The number of hydrogen-bond donors (Lipinski definition) is 1. The van der Waals surface area contributed by atoms with E-state index in [-0.39, 0.29) is 18.4 Å². The second kappa shape index (κ2) is 8.61. The van der Waals surface area contributed by atoms with Crippen LogP contribution in [0, 0.1) is 11.6 Å². The van der Waals surface area contributed by atoms with Crippen molar-refractivity contribution in [2.24, 2.45) is 0 Å². The van der Waals surface area contributed by atoms with Crippen LogP contribution in [0.3, 0.4) is 0 Å². The number of hydrogen-bond acceptors (Lipinski definition) is 3. The van der Waals surface area contributed by atoms with E-state index < -0.39 is 29.6 Å². The van der Waals surface area contributed by atoms with Gasteiger partial charge in [-0.1, -0.05) is 42.5 Å². The zero-order valence-corrected chi connectivity index (χ0v) is 15.2. The van der Waals surface area contributed by atoms with Gasteiger partial charge in [-0.05, 0) is 34.0 Å². The van der Waals surface area contributed by atoms with Crippen LogP contribution in [0.15, 0.2) is 60.7 Å². The Hall–Kier alpha value is -3.28. The van der Waals surface area contributed by atoms with Gasteiger partial charge in [0.05, 0.1) is 13.5 Å². The van der Waals surface area contributed by atoms with Crippen molar-refractivity contribution >= 4 is 22.6 Å². The van der Waals surface area contributed by atoms with Crippen molar-refractivity contribution in [3.8, 4) is 0 Å². The summed E-state index contributed by atoms with van der Waals surface area (Å²) in [5.41, 5.74) is 1.04. The van der Waals surface area contributed by atoms with Crippen LogP contribution in [0.2, 0.25) is 0 Å². The molecule has 0 aliphatic carbocycles. The Labute approximate surface area is 161 Å². The van der Waals surface area contributed by atoms with E-state index in [1.165, 1.54) is 7.11 Å². The van der Waals surface area contributed by atoms with Crippen LogP contribution in [-0.2, 0) is 27.2 Å². The SMILES string of the molecule is COC(=O)[C@@H](Cc1ccc2ccccc2c1)NC(=O)Cc1cc(F)cc(F)c1. The molecule has 1 amide bonds. The van der Waals surface area contributed by atoms with Crippen LogP contribution in [0.25, 0.3) is 10.8 Å². The number of fused-ring (bicyclic) bond motifs is 1. The molecule has 0 radical (unpaired) electrons. The molecule has 0 spiro atoms. The molecular weight excluding hydrogens is 364 g/mol. The van der Waals surface area contributed by atoms with E-state index in [9.17, 15) is 18.4 Å². The molecule has 1 atom stereocenters. The molecule has 0 aliphatic rings. The topological polar surface area (TPSA) is 55.4 Å². The first-order valence-electron chi connectivity index (χ1n) is 8.74. The maximum Gasteiger partial charge on any atom is 0.328 e. The van der Waals surface area contributed by atoms with E-state index in [1.807, 2.05) is 42.5 Å².